The Morgan fingerprint density at radius 3 is 2.33 bits per heavy atom. The quantitative estimate of drug-likeness (QED) is 0.126. The summed E-state index contributed by atoms with van der Waals surface area (Å²) in [6, 6.07) is 14.2. The molecule has 14 nitrogen and oxygen atoms in total. The van der Waals surface area contributed by atoms with Crippen molar-refractivity contribution in [3.8, 4) is 34.9 Å². The van der Waals surface area contributed by atoms with Crippen molar-refractivity contribution in [1.82, 2.24) is 40.2 Å². The van der Waals surface area contributed by atoms with Gasteiger partial charge in [-0.1, -0.05) is 62.2 Å². The van der Waals surface area contributed by atoms with E-state index in [0.29, 0.717) is 48.7 Å². The number of imidazole rings is 2. The van der Waals surface area contributed by atoms with Gasteiger partial charge in [-0.3, -0.25) is 4.79 Å². The SMILES string of the molecule is COC(=O)N[C@H](C(=O)N1CCC[C@H]1c1ncc(C#CC#Cc2ccc(-c3cnc([C@@H]4CCCN4N(C(=O)O)[C@H](C=O)c4ccccc4)[nH]3)cc2)[nH]1)C(C)C. The number of methoxy groups -OCH3 is 1. The molecule has 0 bridgehead atoms. The number of carbonyl (C=O) groups excluding carboxylic acids is 3. The molecule has 6 rings (SSSR count). The number of alkyl carbamates (subject to hydrolysis) is 1. The maximum atomic E-state index is 13.4. The average Bonchev–Trinajstić information content (AvgIpc) is 4.02. The number of nitrogens with one attached hydrogen (secondary N) is 3. The number of rotatable bonds is 10. The minimum absolute atomic E-state index is 0.124. The molecule has 4 aromatic rings. The van der Waals surface area contributed by atoms with Crippen molar-refractivity contribution < 1.29 is 29.0 Å². The molecule has 278 valence electrons. The van der Waals surface area contributed by atoms with Crippen molar-refractivity contribution in [2.24, 2.45) is 5.92 Å². The fourth-order valence-electron chi connectivity index (χ4n) is 6.95. The molecule has 0 aliphatic carbocycles. The summed E-state index contributed by atoms with van der Waals surface area (Å²) in [5.41, 5.74) is 3.58. The third-order valence-electron chi connectivity index (χ3n) is 9.64. The second-order valence-corrected chi connectivity index (χ2v) is 13.4. The van der Waals surface area contributed by atoms with E-state index in [4.69, 9.17) is 4.74 Å². The van der Waals surface area contributed by atoms with Gasteiger partial charge in [-0.15, -0.1) is 0 Å². The maximum absolute atomic E-state index is 13.4. The van der Waals surface area contributed by atoms with E-state index in [1.54, 1.807) is 46.6 Å². The lowest BCUT2D eigenvalue weighted by atomic mass is 10.0. The zero-order valence-corrected chi connectivity index (χ0v) is 30.3. The molecule has 0 radical (unpaired) electrons. The summed E-state index contributed by atoms with van der Waals surface area (Å²) in [4.78, 5) is 67.3. The second-order valence-electron chi connectivity index (χ2n) is 13.4. The molecule has 4 atom stereocenters. The van der Waals surface area contributed by atoms with Crippen molar-refractivity contribution in [2.75, 3.05) is 20.2 Å². The third kappa shape index (κ3) is 8.30. The predicted octanol–water partition coefficient (Wildman–Crippen LogP) is 5.22. The highest BCUT2D eigenvalue weighted by Gasteiger charge is 2.40. The van der Waals surface area contributed by atoms with Gasteiger partial charge in [0.1, 0.15) is 35.7 Å². The molecule has 2 saturated heterocycles. The van der Waals surface area contributed by atoms with Crippen molar-refractivity contribution in [3.05, 3.63) is 95.5 Å². The first-order valence-electron chi connectivity index (χ1n) is 17.8. The molecule has 4 heterocycles. The number of aromatic amines is 2. The predicted molar refractivity (Wildman–Crippen MR) is 198 cm³/mol. The molecule has 0 unspecified atom stereocenters. The minimum atomic E-state index is -1.21. The van der Waals surface area contributed by atoms with Gasteiger partial charge in [-0.05, 0) is 72.6 Å². The van der Waals surface area contributed by atoms with Crippen LogP contribution >= 0.6 is 0 Å². The zero-order valence-electron chi connectivity index (χ0n) is 30.3. The molecule has 2 aliphatic rings. The molecule has 0 spiro atoms. The summed E-state index contributed by atoms with van der Waals surface area (Å²) in [5, 5.41) is 15.7. The average molecular weight is 731 g/mol. The van der Waals surface area contributed by atoms with Crippen LogP contribution in [-0.2, 0) is 14.3 Å². The van der Waals surface area contributed by atoms with E-state index in [0.717, 1.165) is 41.1 Å². The van der Waals surface area contributed by atoms with Gasteiger partial charge in [0.25, 0.3) is 0 Å². The molecule has 54 heavy (non-hydrogen) atoms. The Kier molecular flexibility index (Phi) is 11.7. The summed E-state index contributed by atoms with van der Waals surface area (Å²) in [5.74, 6) is 12.7. The molecular formula is C40H42N8O6. The highest BCUT2D eigenvalue weighted by Crippen LogP contribution is 2.36. The molecule has 2 fully saturated rings. The number of hydrazine groups is 1. The van der Waals surface area contributed by atoms with Crippen LogP contribution in [0.25, 0.3) is 11.3 Å². The Morgan fingerprint density at radius 1 is 0.944 bits per heavy atom. The molecule has 14 heteroatoms. The van der Waals surface area contributed by atoms with Crippen LogP contribution in [0, 0.1) is 29.6 Å². The van der Waals surface area contributed by atoms with Gasteiger partial charge >= 0.3 is 12.2 Å². The Hall–Kier alpha value is -6.38. The van der Waals surface area contributed by atoms with E-state index in [2.05, 4.69) is 48.9 Å². The fourth-order valence-corrected chi connectivity index (χ4v) is 6.95. The molecule has 4 N–H and O–H groups in total. The Balaban J connectivity index is 1.09. The monoisotopic (exact) mass is 730 g/mol. The number of hydrogen-bond donors (Lipinski definition) is 4. The zero-order chi connectivity index (χ0) is 38.2. The third-order valence-corrected chi connectivity index (χ3v) is 9.64. The number of amides is 3. The van der Waals surface area contributed by atoms with E-state index >= 15 is 0 Å². The maximum Gasteiger partial charge on any atom is 0.423 e. The van der Waals surface area contributed by atoms with Crippen LogP contribution in [0.2, 0.25) is 0 Å². The minimum Gasteiger partial charge on any atom is -0.464 e. The molecule has 0 saturated carbocycles. The van der Waals surface area contributed by atoms with E-state index in [1.165, 1.54) is 7.11 Å². The Bertz CT molecular complexity index is 2090. The topological polar surface area (TPSA) is 177 Å². The fraction of sp³-hybridized carbons (Fsp3) is 0.350. The van der Waals surface area contributed by atoms with Crippen LogP contribution in [0.4, 0.5) is 9.59 Å². The number of aromatic nitrogens is 4. The van der Waals surface area contributed by atoms with Crippen LogP contribution in [-0.4, -0.2) is 90.6 Å². The number of H-pyrrole nitrogens is 2. The van der Waals surface area contributed by atoms with E-state index in [-0.39, 0.29) is 23.9 Å². The largest absolute Gasteiger partial charge is 0.464 e. The van der Waals surface area contributed by atoms with Gasteiger partial charge in [0, 0.05) is 18.7 Å². The van der Waals surface area contributed by atoms with Gasteiger partial charge in [0.05, 0.1) is 37.3 Å². The van der Waals surface area contributed by atoms with Crippen LogP contribution in [0.5, 0.6) is 0 Å². The number of hydrogen-bond acceptors (Lipinski definition) is 8. The summed E-state index contributed by atoms with van der Waals surface area (Å²) < 4.78 is 4.71. The normalized spacial score (nSPS) is 17.8. The Morgan fingerprint density at radius 2 is 1.63 bits per heavy atom. The van der Waals surface area contributed by atoms with Gasteiger partial charge in [0.2, 0.25) is 5.91 Å². The van der Waals surface area contributed by atoms with Crippen LogP contribution in [0.15, 0.2) is 67.0 Å². The number of benzene rings is 2. The summed E-state index contributed by atoms with van der Waals surface area (Å²) >= 11 is 0. The van der Waals surface area contributed by atoms with Crippen molar-refractivity contribution >= 4 is 24.4 Å². The van der Waals surface area contributed by atoms with E-state index in [1.807, 2.05) is 44.2 Å². The van der Waals surface area contributed by atoms with E-state index in [9.17, 15) is 24.3 Å². The van der Waals surface area contributed by atoms with E-state index < -0.39 is 24.3 Å². The molecule has 2 aliphatic heterocycles. The smallest absolute Gasteiger partial charge is 0.423 e. The van der Waals surface area contributed by atoms with Crippen LogP contribution in [0.1, 0.15) is 86.1 Å². The molecule has 2 aromatic carbocycles. The first-order valence-corrected chi connectivity index (χ1v) is 17.8. The highest BCUT2D eigenvalue weighted by atomic mass is 16.5. The number of carboxylic acid groups (broad SMARTS) is 1. The molecule has 2 aromatic heterocycles. The highest BCUT2D eigenvalue weighted by molar-refractivity contribution is 5.86. The first-order chi connectivity index (χ1) is 26.2. The van der Waals surface area contributed by atoms with Gasteiger partial charge in [-0.2, -0.15) is 0 Å². The number of carbonyl (C=O) groups is 4. The first kappa shape index (κ1) is 37.4. The second kappa shape index (κ2) is 17.0. The van der Waals surface area contributed by atoms with Gasteiger partial charge in [-0.25, -0.2) is 29.6 Å². The summed E-state index contributed by atoms with van der Waals surface area (Å²) in [6.07, 6.45) is 5.13. The van der Waals surface area contributed by atoms with Crippen molar-refractivity contribution in [3.63, 3.8) is 0 Å². The van der Waals surface area contributed by atoms with Crippen molar-refractivity contribution in [2.45, 2.75) is 63.7 Å². The summed E-state index contributed by atoms with van der Waals surface area (Å²) in [6.45, 7) is 4.78. The van der Waals surface area contributed by atoms with Gasteiger partial charge < -0.3 is 34.8 Å². The standard InChI is InChI=1S/C40H42N8O6/c1-26(2)35(45-39(51)54-3)38(50)46-21-9-15-32(46)36-41-23-30(43-36)14-8-7-11-27-17-19-28(20-18-27)31-24-42-37(44-31)33-16-10-22-47(33)48(40(52)53)34(25-49)29-12-5-4-6-13-29/h4-6,12-13,17-20,23-26,32-35H,9-10,15-16,21-22H2,1-3H3,(H,41,43)(H,42,44)(H,45,51)(H,52,53)/t32-,33-,34+,35-/m0/s1. The number of ether oxygens (including phenoxy) is 1. The van der Waals surface area contributed by atoms with Gasteiger partial charge in [0.15, 0.2) is 0 Å². The lowest BCUT2D eigenvalue weighted by Gasteiger charge is -2.36. The number of likely N-dealkylation sites (tertiary alicyclic amines) is 1. The lowest BCUT2D eigenvalue weighted by molar-refractivity contribution is -0.135. The van der Waals surface area contributed by atoms with Crippen molar-refractivity contribution in [1.29, 1.82) is 0 Å². The van der Waals surface area contributed by atoms with Crippen LogP contribution < -0.4 is 5.32 Å². The van der Waals surface area contributed by atoms with Crippen LogP contribution in [0.3, 0.4) is 0 Å². The Labute approximate surface area is 313 Å². The molecular weight excluding hydrogens is 688 g/mol. The molecule has 3 amide bonds. The summed E-state index contributed by atoms with van der Waals surface area (Å²) in [7, 11) is 1.27. The number of aldehydes is 1. The number of nitrogens with zero attached hydrogens (tertiary/aromatic N) is 5. The lowest BCUT2D eigenvalue weighted by Crippen LogP contribution is -2.51.